The number of aliphatic hydroxyl groups is 1. The van der Waals surface area contributed by atoms with Crippen LogP contribution in [0.1, 0.15) is 99.3 Å². The molecule has 4 aliphatic carbocycles. The van der Waals surface area contributed by atoms with Gasteiger partial charge in [-0.3, -0.25) is 0 Å². The molecule has 0 aliphatic heterocycles. The molecule has 0 amide bonds. The third kappa shape index (κ3) is 3.60. The Morgan fingerprint density at radius 1 is 1.00 bits per heavy atom. The van der Waals surface area contributed by atoms with Crippen LogP contribution in [0.25, 0.3) is 0 Å². The molecule has 0 saturated heterocycles. The maximum atomic E-state index is 10.3. The Morgan fingerprint density at radius 2 is 1.70 bits per heavy atom. The summed E-state index contributed by atoms with van der Waals surface area (Å²) in [6.07, 6.45) is 13.7. The monoisotopic (exact) mass is 410 g/mol. The molecule has 30 heavy (non-hydrogen) atoms. The standard InChI is InChI=1S/C29H46O/c1-7-21(19(2)3)9-8-20(4)25-12-13-26-24-11-10-22-18-23(30)14-16-28(22,5)27(24)15-17-29(25,26)6/h11,19-23,25-27,30H,7,10,12-18H2,1-6H3. The van der Waals surface area contributed by atoms with E-state index < -0.39 is 0 Å². The largest absolute Gasteiger partial charge is 0.393 e. The first-order chi connectivity index (χ1) is 14.2. The van der Waals surface area contributed by atoms with Crippen molar-refractivity contribution < 1.29 is 5.11 Å². The molecular weight excluding hydrogens is 364 g/mol. The van der Waals surface area contributed by atoms with Gasteiger partial charge in [0.1, 0.15) is 0 Å². The van der Waals surface area contributed by atoms with E-state index in [1.807, 2.05) is 5.57 Å². The Morgan fingerprint density at radius 3 is 2.40 bits per heavy atom. The molecule has 0 aromatic carbocycles. The summed E-state index contributed by atoms with van der Waals surface area (Å²) in [6, 6.07) is 0. The van der Waals surface area contributed by atoms with E-state index in [0.29, 0.717) is 34.5 Å². The first-order valence-electron chi connectivity index (χ1n) is 13.1. The molecule has 4 rings (SSSR count). The summed E-state index contributed by atoms with van der Waals surface area (Å²) >= 11 is 0. The van der Waals surface area contributed by atoms with Crippen molar-refractivity contribution in [2.45, 2.75) is 105 Å². The van der Waals surface area contributed by atoms with E-state index in [9.17, 15) is 5.11 Å². The van der Waals surface area contributed by atoms with Gasteiger partial charge >= 0.3 is 0 Å². The lowest BCUT2D eigenvalue weighted by atomic mass is 9.47. The van der Waals surface area contributed by atoms with Crippen LogP contribution in [-0.4, -0.2) is 11.2 Å². The van der Waals surface area contributed by atoms with Crippen LogP contribution in [-0.2, 0) is 0 Å². The molecule has 168 valence electrons. The first kappa shape index (κ1) is 22.5. The molecule has 9 unspecified atom stereocenters. The van der Waals surface area contributed by atoms with Crippen LogP contribution in [0.5, 0.6) is 0 Å². The summed E-state index contributed by atoms with van der Waals surface area (Å²) < 4.78 is 0. The van der Waals surface area contributed by atoms with E-state index in [1.165, 1.54) is 44.9 Å². The van der Waals surface area contributed by atoms with Gasteiger partial charge < -0.3 is 5.11 Å². The normalized spacial score (nSPS) is 44.8. The molecule has 0 radical (unpaired) electrons. The van der Waals surface area contributed by atoms with E-state index in [0.717, 1.165) is 30.6 Å². The van der Waals surface area contributed by atoms with Gasteiger partial charge in [-0.15, -0.1) is 0 Å². The highest BCUT2D eigenvalue weighted by atomic mass is 16.3. The number of hydrogen-bond donors (Lipinski definition) is 1. The fourth-order valence-corrected chi connectivity index (χ4v) is 8.43. The Bertz CT molecular complexity index is 722. The SMILES string of the molecule is CCC(C#CC(C)C1CCC2C3=CCC4CC(O)CCC4(C)C3CCC21C)C(C)C. The van der Waals surface area contributed by atoms with E-state index in [-0.39, 0.29) is 6.10 Å². The van der Waals surface area contributed by atoms with Crippen molar-refractivity contribution in [1.29, 1.82) is 0 Å². The van der Waals surface area contributed by atoms with Crippen molar-refractivity contribution in [1.82, 2.24) is 0 Å². The van der Waals surface area contributed by atoms with Crippen LogP contribution in [0, 0.1) is 64.1 Å². The van der Waals surface area contributed by atoms with E-state index in [1.54, 1.807) is 0 Å². The van der Waals surface area contributed by atoms with Gasteiger partial charge in [-0.1, -0.05) is 65.0 Å². The second kappa shape index (κ2) is 8.31. The molecular formula is C29H46O. The zero-order valence-electron chi connectivity index (χ0n) is 20.5. The van der Waals surface area contributed by atoms with Gasteiger partial charge in [-0.2, -0.15) is 0 Å². The van der Waals surface area contributed by atoms with Crippen LogP contribution in [0.15, 0.2) is 11.6 Å². The minimum Gasteiger partial charge on any atom is -0.393 e. The van der Waals surface area contributed by atoms with Crippen LogP contribution in [0.2, 0.25) is 0 Å². The lowest BCUT2D eigenvalue weighted by Crippen LogP contribution is -2.49. The summed E-state index contributed by atoms with van der Waals surface area (Å²) in [7, 11) is 0. The van der Waals surface area contributed by atoms with Gasteiger partial charge in [0.05, 0.1) is 6.10 Å². The molecule has 3 fully saturated rings. The van der Waals surface area contributed by atoms with Crippen molar-refractivity contribution in [2.24, 2.45) is 52.3 Å². The third-order valence-electron chi connectivity index (χ3n) is 10.5. The molecule has 0 spiro atoms. The van der Waals surface area contributed by atoms with Gasteiger partial charge in [0.2, 0.25) is 0 Å². The third-order valence-corrected chi connectivity index (χ3v) is 10.5. The Kier molecular flexibility index (Phi) is 6.22. The number of fused-ring (bicyclic) bond motifs is 5. The van der Waals surface area contributed by atoms with E-state index in [4.69, 9.17) is 0 Å². The predicted molar refractivity (Wildman–Crippen MR) is 127 cm³/mol. The minimum atomic E-state index is -0.0556. The number of aliphatic hydroxyl groups excluding tert-OH is 1. The molecule has 3 saturated carbocycles. The molecule has 0 aromatic rings. The van der Waals surface area contributed by atoms with Gasteiger partial charge in [-0.25, -0.2) is 0 Å². The minimum absolute atomic E-state index is 0.0556. The number of allylic oxidation sites excluding steroid dienone is 2. The van der Waals surface area contributed by atoms with Gasteiger partial charge in [0.25, 0.3) is 0 Å². The van der Waals surface area contributed by atoms with Gasteiger partial charge in [0.15, 0.2) is 0 Å². The fourth-order valence-electron chi connectivity index (χ4n) is 8.43. The number of rotatable bonds is 3. The zero-order valence-corrected chi connectivity index (χ0v) is 20.5. The highest BCUT2D eigenvalue weighted by Crippen LogP contribution is 2.66. The highest BCUT2D eigenvalue weighted by molar-refractivity contribution is 5.28. The summed E-state index contributed by atoms with van der Waals surface area (Å²) in [6.45, 7) is 14.5. The maximum absolute atomic E-state index is 10.3. The van der Waals surface area contributed by atoms with Crippen molar-refractivity contribution in [3.05, 3.63) is 11.6 Å². The average molecular weight is 411 g/mol. The smallest absolute Gasteiger partial charge is 0.0543 e. The Labute approximate surface area is 186 Å². The molecule has 0 aromatic heterocycles. The molecule has 0 bridgehead atoms. The first-order valence-corrected chi connectivity index (χ1v) is 13.1. The van der Waals surface area contributed by atoms with Crippen LogP contribution in [0.3, 0.4) is 0 Å². The highest BCUT2D eigenvalue weighted by Gasteiger charge is 2.58. The predicted octanol–water partition coefficient (Wildman–Crippen LogP) is 7.25. The second-order valence-corrected chi connectivity index (χ2v) is 12.2. The van der Waals surface area contributed by atoms with E-state index in [2.05, 4.69) is 59.5 Å². The van der Waals surface area contributed by atoms with Crippen molar-refractivity contribution >= 4 is 0 Å². The van der Waals surface area contributed by atoms with Gasteiger partial charge in [0, 0.05) is 11.8 Å². The summed E-state index contributed by atoms with van der Waals surface area (Å²) in [5, 5.41) is 10.3. The molecule has 1 N–H and O–H groups in total. The quantitative estimate of drug-likeness (QED) is 0.384. The molecule has 1 nitrogen and oxygen atoms in total. The van der Waals surface area contributed by atoms with Crippen molar-refractivity contribution in [2.75, 3.05) is 0 Å². The van der Waals surface area contributed by atoms with Crippen molar-refractivity contribution in [3.63, 3.8) is 0 Å². The van der Waals surface area contributed by atoms with Crippen LogP contribution < -0.4 is 0 Å². The van der Waals surface area contributed by atoms with Crippen molar-refractivity contribution in [3.8, 4) is 11.8 Å². The van der Waals surface area contributed by atoms with E-state index >= 15 is 0 Å². The number of hydrogen-bond acceptors (Lipinski definition) is 1. The zero-order chi connectivity index (χ0) is 21.7. The molecule has 0 heterocycles. The molecule has 9 atom stereocenters. The Balaban J connectivity index is 1.55. The lowest BCUT2D eigenvalue weighted by molar-refractivity contribution is -0.0412. The topological polar surface area (TPSA) is 20.2 Å². The summed E-state index contributed by atoms with van der Waals surface area (Å²) in [4.78, 5) is 0. The summed E-state index contributed by atoms with van der Waals surface area (Å²) in [5.74, 6) is 12.1. The summed E-state index contributed by atoms with van der Waals surface area (Å²) in [5.41, 5.74) is 2.70. The molecule has 1 heteroatoms. The van der Waals surface area contributed by atoms with Gasteiger partial charge in [-0.05, 0) is 98.2 Å². The second-order valence-electron chi connectivity index (χ2n) is 12.2. The lowest BCUT2D eigenvalue weighted by Gasteiger charge is -2.57. The van der Waals surface area contributed by atoms with Crippen LogP contribution in [0.4, 0.5) is 0 Å². The average Bonchev–Trinajstić information content (AvgIpc) is 3.06. The van der Waals surface area contributed by atoms with Crippen LogP contribution >= 0.6 is 0 Å². The fraction of sp³-hybridized carbons (Fsp3) is 0.862. The molecule has 4 aliphatic rings. The Hall–Kier alpha value is -0.740. The maximum Gasteiger partial charge on any atom is 0.0543 e.